The molecule has 2 aromatic rings. The van der Waals surface area contributed by atoms with Crippen LogP contribution in [0, 0.1) is 0 Å². The number of hydrogen-bond donors (Lipinski definition) is 0. The lowest BCUT2D eigenvalue weighted by Crippen LogP contribution is -2.06. The molecule has 0 N–H and O–H groups in total. The van der Waals surface area contributed by atoms with Crippen molar-refractivity contribution in [3.8, 4) is 0 Å². The van der Waals surface area contributed by atoms with E-state index in [9.17, 15) is 18.0 Å². The molecule has 106 valence electrons. The molecule has 1 heterocycles. The predicted molar refractivity (Wildman–Crippen MR) is 67.4 cm³/mol. The Labute approximate surface area is 114 Å². The summed E-state index contributed by atoms with van der Waals surface area (Å²) >= 11 is 0. The summed E-state index contributed by atoms with van der Waals surface area (Å²) in [7, 11) is 0. The van der Waals surface area contributed by atoms with E-state index in [0.29, 0.717) is 12.1 Å². The molecule has 0 bridgehead atoms. The van der Waals surface area contributed by atoms with Crippen LogP contribution in [0.3, 0.4) is 0 Å². The topological polar surface area (TPSA) is 34.9 Å². The van der Waals surface area contributed by atoms with Gasteiger partial charge in [-0.1, -0.05) is 19.1 Å². The van der Waals surface area contributed by atoms with Crippen molar-refractivity contribution >= 4 is 5.78 Å². The van der Waals surface area contributed by atoms with Crippen molar-refractivity contribution in [2.24, 2.45) is 0 Å². The first-order chi connectivity index (χ1) is 9.41. The predicted octanol–water partition coefficient (Wildman–Crippen LogP) is 3.54. The van der Waals surface area contributed by atoms with E-state index in [2.05, 4.69) is 5.10 Å². The fraction of sp³-hybridized carbons (Fsp3) is 0.286. The molecule has 0 aliphatic heterocycles. The Morgan fingerprint density at radius 2 is 1.85 bits per heavy atom. The Hall–Kier alpha value is -2.11. The minimum atomic E-state index is -4.40. The van der Waals surface area contributed by atoms with Gasteiger partial charge in [0.15, 0.2) is 5.78 Å². The summed E-state index contributed by atoms with van der Waals surface area (Å²) in [5.74, 6) is -0.332. The zero-order chi connectivity index (χ0) is 14.8. The minimum absolute atomic E-state index is 0.217. The largest absolute Gasteiger partial charge is 0.416 e. The number of aromatic nitrogens is 2. The van der Waals surface area contributed by atoms with Gasteiger partial charge in [0.2, 0.25) is 0 Å². The van der Waals surface area contributed by atoms with E-state index < -0.39 is 11.7 Å². The third kappa shape index (κ3) is 3.07. The van der Waals surface area contributed by atoms with Crippen molar-refractivity contribution in [3.63, 3.8) is 0 Å². The molecule has 0 aliphatic rings. The molecule has 1 aromatic carbocycles. The third-order valence-corrected chi connectivity index (χ3v) is 2.82. The first kappa shape index (κ1) is 14.3. The Kier molecular flexibility index (Phi) is 3.92. The summed E-state index contributed by atoms with van der Waals surface area (Å²) < 4.78 is 38.9. The second-order valence-electron chi connectivity index (χ2n) is 4.40. The van der Waals surface area contributed by atoms with E-state index in [4.69, 9.17) is 0 Å². The molecular weight excluding hydrogens is 269 g/mol. The number of ketones is 1. The van der Waals surface area contributed by atoms with Crippen LogP contribution in [0.1, 0.15) is 34.8 Å². The van der Waals surface area contributed by atoms with Crippen molar-refractivity contribution in [3.05, 3.63) is 53.3 Å². The highest BCUT2D eigenvalue weighted by Crippen LogP contribution is 2.29. The molecule has 6 heteroatoms. The zero-order valence-corrected chi connectivity index (χ0v) is 10.8. The highest BCUT2D eigenvalue weighted by molar-refractivity contribution is 6.08. The third-order valence-electron chi connectivity index (χ3n) is 2.82. The fourth-order valence-corrected chi connectivity index (χ4v) is 1.81. The molecule has 0 saturated carbocycles. The molecule has 0 radical (unpaired) electrons. The standard InChI is InChI=1S/C14H13F3N2O/c1-2-7-19-9-11(8-18-19)13(20)10-3-5-12(6-4-10)14(15,16)17/h3-6,8-9H,2,7H2,1H3. The minimum Gasteiger partial charge on any atom is -0.288 e. The number of rotatable bonds is 4. The number of alkyl halides is 3. The van der Waals surface area contributed by atoms with E-state index in [0.717, 1.165) is 18.6 Å². The Morgan fingerprint density at radius 1 is 1.20 bits per heavy atom. The van der Waals surface area contributed by atoms with Crippen LogP contribution in [0.2, 0.25) is 0 Å². The van der Waals surface area contributed by atoms with Crippen LogP contribution in [0.5, 0.6) is 0 Å². The van der Waals surface area contributed by atoms with Crippen LogP contribution >= 0.6 is 0 Å². The lowest BCUT2D eigenvalue weighted by Gasteiger charge is -2.06. The fourth-order valence-electron chi connectivity index (χ4n) is 1.81. The van der Waals surface area contributed by atoms with E-state index in [1.165, 1.54) is 18.3 Å². The van der Waals surface area contributed by atoms with E-state index in [1.807, 2.05) is 6.92 Å². The molecule has 0 saturated heterocycles. The maximum atomic E-state index is 12.4. The number of halogens is 3. The second-order valence-corrected chi connectivity index (χ2v) is 4.40. The molecule has 20 heavy (non-hydrogen) atoms. The molecule has 0 unspecified atom stereocenters. The van der Waals surface area contributed by atoms with Crippen molar-refractivity contribution in [1.29, 1.82) is 0 Å². The van der Waals surface area contributed by atoms with Gasteiger partial charge in [-0.3, -0.25) is 9.48 Å². The summed E-state index contributed by atoms with van der Waals surface area (Å²) in [4.78, 5) is 12.1. The average molecular weight is 282 g/mol. The average Bonchev–Trinajstić information content (AvgIpc) is 2.86. The van der Waals surface area contributed by atoms with Crippen molar-refractivity contribution in [2.45, 2.75) is 26.1 Å². The van der Waals surface area contributed by atoms with Gasteiger partial charge in [0.05, 0.1) is 17.3 Å². The molecule has 0 spiro atoms. The van der Waals surface area contributed by atoms with Gasteiger partial charge in [0.1, 0.15) is 0 Å². The van der Waals surface area contributed by atoms with E-state index in [-0.39, 0.29) is 11.3 Å². The number of carbonyl (C=O) groups excluding carboxylic acids is 1. The van der Waals surface area contributed by atoms with Gasteiger partial charge in [-0.2, -0.15) is 18.3 Å². The van der Waals surface area contributed by atoms with Gasteiger partial charge in [-0.15, -0.1) is 0 Å². The highest BCUT2D eigenvalue weighted by atomic mass is 19.4. The van der Waals surface area contributed by atoms with Gasteiger partial charge in [0, 0.05) is 18.3 Å². The van der Waals surface area contributed by atoms with Gasteiger partial charge < -0.3 is 0 Å². The van der Waals surface area contributed by atoms with Crippen LogP contribution in [-0.2, 0) is 12.7 Å². The van der Waals surface area contributed by atoms with Crippen molar-refractivity contribution in [2.75, 3.05) is 0 Å². The monoisotopic (exact) mass is 282 g/mol. The number of benzene rings is 1. The smallest absolute Gasteiger partial charge is 0.288 e. The first-order valence-electron chi connectivity index (χ1n) is 6.16. The Morgan fingerprint density at radius 3 is 2.40 bits per heavy atom. The summed E-state index contributed by atoms with van der Waals surface area (Å²) in [5.41, 5.74) is -0.178. The summed E-state index contributed by atoms with van der Waals surface area (Å²) in [6.45, 7) is 2.68. The summed E-state index contributed by atoms with van der Waals surface area (Å²) in [5, 5.41) is 4.03. The van der Waals surface area contributed by atoms with Crippen LogP contribution in [-0.4, -0.2) is 15.6 Å². The quantitative estimate of drug-likeness (QED) is 0.804. The second kappa shape index (κ2) is 5.48. The number of carbonyl (C=O) groups is 1. The molecule has 2 rings (SSSR count). The maximum Gasteiger partial charge on any atom is 0.416 e. The lowest BCUT2D eigenvalue weighted by atomic mass is 10.0. The number of nitrogens with zero attached hydrogens (tertiary/aromatic N) is 2. The summed E-state index contributed by atoms with van der Waals surface area (Å²) in [6, 6.07) is 4.18. The molecule has 0 fully saturated rings. The number of aryl methyl sites for hydroxylation is 1. The van der Waals surface area contributed by atoms with Crippen LogP contribution in [0.4, 0.5) is 13.2 Å². The van der Waals surface area contributed by atoms with Crippen molar-refractivity contribution in [1.82, 2.24) is 9.78 Å². The van der Waals surface area contributed by atoms with Crippen LogP contribution in [0.25, 0.3) is 0 Å². The maximum absolute atomic E-state index is 12.4. The van der Waals surface area contributed by atoms with Gasteiger partial charge in [-0.05, 0) is 18.6 Å². The highest BCUT2D eigenvalue weighted by Gasteiger charge is 2.30. The van der Waals surface area contributed by atoms with Crippen LogP contribution in [0.15, 0.2) is 36.7 Å². The lowest BCUT2D eigenvalue weighted by molar-refractivity contribution is -0.137. The van der Waals surface area contributed by atoms with Gasteiger partial charge in [0.25, 0.3) is 0 Å². The Bertz CT molecular complexity index is 600. The van der Waals surface area contributed by atoms with Crippen LogP contribution < -0.4 is 0 Å². The van der Waals surface area contributed by atoms with Gasteiger partial charge >= 0.3 is 6.18 Å². The molecule has 1 aromatic heterocycles. The van der Waals surface area contributed by atoms with Gasteiger partial charge in [-0.25, -0.2) is 0 Å². The van der Waals surface area contributed by atoms with E-state index >= 15 is 0 Å². The molecule has 0 atom stereocenters. The van der Waals surface area contributed by atoms with Crippen molar-refractivity contribution < 1.29 is 18.0 Å². The normalized spacial score (nSPS) is 11.6. The Balaban J connectivity index is 2.20. The summed E-state index contributed by atoms with van der Waals surface area (Å²) in [6.07, 6.45) is -0.484. The number of hydrogen-bond acceptors (Lipinski definition) is 2. The molecular formula is C14H13F3N2O. The molecule has 3 nitrogen and oxygen atoms in total. The molecule has 0 aliphatic carbocycles. The molecule has 0 amide bonds. The SMILES string of the molecule is CCCn1cc(C(=O)c2ccc(C(F)(F)F)cc2)cn1. The zero-order valence-electron chi connectivity index (χ0n) is 10.8. The van der Waals surface area contributed by atoms with E-state index in [1.54, 1.807) is 10.9 Å². The first-order valence-corrected chi connectivity index (χ1v) is 6.16.